The molecule has 0 bridgehead atoms. The van der Waals surface area contributed by atoms with E-state index in [0.29, 0.717) is 11.6 Å². The Labute approximate surface area is 199 Å². The van der Waals surface area contributed by atoms with E-state index in [0.717, 1.165) is 55.9 Å². The van der Waals surface area contributed by atoms with Gasteiger partial charge in [-0.2, -0.15) is 0 Å². The van der Waals surface area contributed by atoms with Crippen LogP contribution in [0.5, 0.6) is 11.6 Å². The molecule has 1 N–H and O–H groups in total. The first-order chi connectivity index (χ1) is 16.6. The average molecular weight is 460 g/mol. The van der Waals surface area contributed by atoms with Crippen LogP contribution in [0.3, 0.4) is 0 Å². The molecule has 0 saturated carbocycles. The summed E-state index contributed by atoms with van der Waals surface area (Å²) in [6.45, 7) is 3.61. The molecule has 0 unspecified atom stereocenters. The van der Waals surface area contributed by atoms with Crippen LogP contribution >= 0.6 is 0 Å². The maximum absolute atomic E-state index is 12.9. The number of nitrogens with zero attached hydrogens (tertiary/aromatic N) is 4. The molecule has 1 atom stereocenters. The number of piperidine rings is 1. The van der Waals surface area contributed by atoms with Crippen molar-refractivity contribution in [2.75, 3.05) is 25.1 Å². The molecule has 1 aliphatic heterocycles. The number of hydrogen-bond acceptors (Lipinski definition) is 7. The fourth-order valence-electron chi connectivity index (χ4n) is 4.78. The highest BCUT2D eigenvalue weighted by Crippen LogP contribution is 2.31. The van der Waals surface area contributed by atoms with E-state index in [9.17, 15) is 4.79 Å². The summed E-state index contributed by atoms with van der Waals surface area (Å²) in [7, 11) is 1.59. The number of ether oxygens (including phenoxy) is 2. The topological polar surface area (TPSA) is 89.5 Å². The highest BCUT2D eigenvalue weighted by atomic mass is 16.5. The number of aromatic nitrogens is 3. The Balaban J connectivity index is 1.18. The van der Waals surface area contributed by atoms with Crippen LogP contribution in [0.15, 0.2) is 48.7 Å². The van der Waals surface area contributed by atoms with Crippen LogP contribution in [-0.2, 0) is 6.42 Å². The van der Waals surface area contributed by atoms with E-state index in [-0.39, 0.29) is 18.1 Å². The second-order valence-corrected chi connectivity index (χ2v) is 8.84. The van der Waals surface area contributed by atoms with Crippen molar-refractivity contribution in [3.05, 3.63) is 71.0 Å². The average Bonchev–Trinajstić information content (AvgIpc) is 3.28. The van der Waals surface area contributed by atoms with Crippen molar-refractivity contribution in [3.8, 4) is 11.6 Å². The minimum absolute atomic E-state index is 0.0328. The van der Waals surface area contributed by atoms with Crippen LogP contribution in [0.25, 0.3) is 0 Å². The van der Waals surface area contributed by atoms with E-state index in [1.807, 2.05) is 31.2 Å². The zero-order valence-corrected chi connectivity index (χ0v) is 19.5. The van der Waals surface area contributed by atoms with E-state index in [2.05, 4.69) is 37.5 Å². The molecule has 1 aromatic carbocycles. The fraction of sp³-hybridized carbons (Fsp3) is 0.385. The monoisotopic (exact) mass is 459 g/mol. The summed E-state index contributed by atoms with van der Waals surface area (Å²) < 4.78 is 11.2. The van der Waals surface area contributed by atoms with E-state index in [1.54, 1.807) is 19.4 Å². The summed E-state index contributed by atoms with van der Waals surface area (Å²) in [6, 6.07) is 13.8. The predicted molar refractivity (Wildman–Crippen MR) is 128 cm³/mol. The van der Waals surface area contributed by atoms with Crippen molar-refractivity contribution < 1.29 is 14.3 Å². The van der Waals surface area contributed by atoms with E-state index in [4.69, 9.17) is 9.47 Å². The Hall–Kier alpha value is -3.68. The summed E-state index contributed by atoms with van der Waals surface area (Å²) >= 11 is 0. The predicted octanol–water partition coefficient (Wildman–Crippen LogP) is 3.65. The van der Waals surface area contributed by atoms with Gasteiger partial charge < -0.3 is 19.7 Å². The normalized spacial score (nSPS) is 17.8. The van der Waals surface area contributed by atoms with Crippen molar-refractivity contribution in [1.29, 1.82) is 0 Å². The van der Waals surface area contributed by atoms with Gasteiger partial charge in [0.15, 0.2) is 11.5 Å². The van der Waals surface area contributed by atoms with Gasteiger partial charge in [-0.1, -0.05) is 24.3 Å². The van der Waals surface area contributed by atoms with Gasteiger partial charge in [-0.15, -0.1) is 10.2 Å². The second-order valence-electron chi connectivity index (χ2n) is 8.84. The lowest BCUT2D eigenvalue weighted by atomic mass is 10.1. The van der Waals surface area contributed by atoms with Gasteiger partial charge in [0.2, 0.25) is 5.88 Å². The second kappa shape index (κ2) is 9.67. The number of hydrogen-bond donors (Lipinski definition) is 1. The quantitative estimate of drug-likeness (QED) is 0.602. The van der Waals surface area contributed by atoms with E-state index >= 15 is 0 Å². The molecule has 8 heteroatoms. The third-order valence-electron chi connectivity index (χ3n) is 6.59. The summed E-state index contributed by atoms with van der Waals surface area (Å²) in [4.78, 5) is 19.3. The van der Waals surface area contributed by atoms with Gasteiger partial charge >= 0.3 is 0 Å². The number of amides is 1. The Bertz CT molecular complexity index is 1160. The number of anilines is 1. The fourth-order valence-corrected chi connectivity index (χ4v) is 4.78. The van der Waals surface area contributed by atoms with Crippen LogP contribution < -0.4 is 19.7 Å². The van der Waals surface area contributed by atoms with Gasteiger partial charge in [-0.25, -0.2) is 4.98 Å². The van der Waals surface area contributed by atoms with Crippen LogP contribution in [0, 0.1) is 6.92 Å². The molecule has 2 aromatic heterocycles. The highest BCUT2D eigenvalue weighted by Gasteiger charge is 2.26. The Kier molecular flexibility index (Phi) is 6.29. The number of pyridine rings is 1. The lowest BCUT2D eigenvalue weighted by molar-refractivity contribution is 0.0930. The number of methoxy groups -OCH3 is 1. The van der Waals surface area contributed by atoms with Gasteiger partial charge in [-0.3, -0.25) is 4.79 Å². The molecule has 34 heavy (non-hydrogen) atoms. The van der Waals surface area contributed by atoms with Crippen molar-refractivity contribution in [2.45, 2.75) is 44.8 Å². The summed E-state index contributed by atoms with van der Waals surface area (Å²) in [5.41, 5.74) is 3.82. The van der Waals surface area contributed by atoms with Crippen molar-refractivity contribution in [1.82, 2.24) is 20.5 Å². The Morgan fingerprint density at radius 3 is 2.65 bits per heavy atom. The number of carbonyl (C=O) groups excluding carboxylic acids is 1. The molecule has 3 aromatic rings. The van der Waals surface area contributed by atoms with Crippen LogP contribution in [0.1, 0.15) is 52.5 Å². The molecule has 1 aliphatic carbocycles. The first-order valence-electron chi connectivity index (χ1n) is 11.8. The van der Waals surface area contributed by atoms with Gasteiger partial charge in [-0.05, 0) is 48.6 Å². The molecule has 8 nitrogen and oxygen atoms in total. The molecular weight excluding hydrogens is 430 g/mol. The maximum Gasteiger partial charge on any atom is 0.272 e. The molecule has 3 heterocycles. The first-order valence-corrected chi connectivity index (χ1v) is 11.8. The van der Waals surface area contributed by atoms with Crippen LogP contribution in [-0.4, -0.2) is 47.4 Å². The molecule has 5 rings (SSSR count). The molecular formula is C26H29N5O3. The van der Waals surface area contributed by atoms with Gasteiger partial charge in [0.25, 0.3) is 5.91 Å². The van der Waals surface area contributed by atoms with Crippen molar-refractivity contribution >= 4 is 11.7 Å². The van der Waals surface area contributed by atoms with Gasteiger partial charge in [0, 0.05) is 32.0 Å². The standard InChI is InChI=1S/C26H29N5O3/c1-17-15-23(26(32)28-22-9-7-18-5-3-4-6-21(18)22)29-30-25(17)31-13-11-19(12-14-31)34-20-8-10-24(33-2)27-16-20/h3-6,8,10,15-16,19,22H,7,9,11-14H2,1-2H3,(H,28,32)/t22-/m0/s1. The maximum atomic E-state index is 12.9. The number of carbonyl (C=O) groups is 1. The van der Waals surface area contributed by atoms with Crippen LogP contribution in [0.4, 0.5) is 5.82 Å². The largest absolute Gasteiger partial charge is 0.489 e. The zero-order chi connectivity index (χ0) is 23.5. The van der Waals surface area contributed by atoms with Crippen LogP contribution in [0.2, 0.25) is 0 Å². The van der Waals surface area contributed by atoms with Crippen molar-refractivity contribution in [3.63, 3.8) is 0 Å². The third kappa shape index (κ3) is 4.66. The lowest BCUT2D eigenvalue weighted by Crippen LogP contribution is -2.39. The van der Waals surface area contributed by atoms with Crippen molar-refractivity contribution in [2.24, 2.45) is 0 Å². The molecule has 2 aliphatic rings. The smallest absolute Gasteiger partial charge is 0.272 e. The summed E-state index contributed by atoms with van der Waals surface area (Å²) in [5, 5.41) is 11.8. The Morgan fingerprint density at radius 2 is 1.91 bits per heavy atom. The molecule has 176 valence electrons. The number of fused-ring (bicyclic) bond motifs is 1. The highest BCUT2D eigenvalue weighted by molar-refractivity contribution is 5.92. The number of nitrogens with one attached hydrogen (secondary N) is 1. The Morgan fingerprint density at radius 1 is 1.09 bits per heavy atom. The minimum Gasteiger partial charge on any atom is -0.489 e. The lowest BCUT2D eigenvalue weighted by Gasteiger charge is -2.33. The van der Waals surface area contributed by atoms with E-state index in [1.165, 1.54) is 11.1 Å². The number of rotatable bonds is 6. The molecule has 0 spiro atoms. The SMILES string of the molecule is COc1ccc(OC2CCN(c3nnc(C(=O)N[C@H]4CCc5ccccc54)cc3C)CC2)cn1. The zero-order valence-electron chi connectivity index (χ0n) is 19.5. The number of benzene rings is 1. The molecule has 1 saturated heterocycles. The first kappa shape index (κ1) is 22.1. The molecule has 0 radical (unpaired) electrons. The van der Waals surface area contributed by atoms with Gasteiger partial charge in [0.05, 0.1) is 19.3 Å². The number of aryl methyl sites for hydroxylation is 2. The molecule has 1 fully saturated rings. The summed E-state index contributed by atoms with van der Waals surface area (Å²) in [6.07, 6.45) is 5.46. The van der Waals surface area contributed by atoms with Gasteiger partial charge in [0.1, 0.15) is 11.9 Å². The third-order valence-corrected chi connectivity index (χ3v) is 6.59. The molecule has 1 amide bonds. The van der Waals surface area contributed by atoms with E-state index < -0.39 is 0 Å². The minimum atomic E-state index is -0.177. The summed E-state index contributed by atoms with van der Waals surface area (Å²) in [5.74, 6) is 1.97.